The van der Waals surface area contributed by atoms with Gasteiger partial charge in [0.25, 0.3) is 0 Å². The van der Waals surface area contributed by atoms with Crippen LogP contribution in [0, 0.1) is 0 Å². The third-order valence-corrected chi connectivity index (χ3v) is 12.2. The summed E-state index contributed by atoms with van der Waals surface area (Å²) >= 11 is -0.00412. The molecule has 0 aliphatic heterocycles. The first kappa shape index (κ1) is 20.8. The molecule has 0 N–H and O–H groups in total. The molecule has 0 aliphatic carbocycles. The second kappa shape index (κ2) is 9.58. The Kier molecular flexibility index (Phi) is 6.65. The van der Waals surface area contributed by atoms with Crippen molar-refractivity contribution in [2.24, 2.45) is 0 Å². The molecule has 4 heteroatoms. The summed E-state index contributed by atoms with van der Waals surface area (Å²) in [6, 6.07) is 36.7. The minimum atomic E-state index is -1.91. The van der Waals surface area contributed by atoms with E-state index in [1.54, 1.807) is 0 Å². The molecule has 0 saturated carbocycles. The fraction of sp³-hybridized carbons (Fsp3) is 0.115. The van der Waals surface area contributed by atoms with Crippen LogP contribution < -0.4 is 15.9 Å². The van der Waals surface area contributed by atoms with E-state index in [1.807, 2.05) is 13.0 Å². The molecule has 0 amide bonds. The standard InChI is InChI=1S/C26H24O2PSe/c1-2-28-26(27)25-19-18-24(30-25)20-29(21-12-6-3-7-13-21,22-14-8-4-9-15-22)23-16-10-5-11-17-23/h3-19H,2,20H2,1H3/q+1. The van der Waals surface area contributed by atoms with Crippen LogP contribution in [0.4, 0.5) is 0 Å². The van der Waals surface area contributed by atoms with E-state index in [4.69, 9.17) is 4.74 Å². The predicted octanol–water partition coefficient (Wildman–Crippen LogP) is 4.41. The van der Waals surface area contributed by atoms with Crippen molar-refractivity contribution in [1.82, 2.24) is 0 Å². The fourth-order valence-electron chi connectivity index (χ4n) is 3.78. The molecular formula is C26H24O2PSe+. The van der Waals surface area contributed by atoms with Gasteiger partial charge in [0.05, 0.1) is 0 Å². The van der Waals surface area contributed by atoms with Crippen molar-refractivity contribution in [2.45, 2.75) is 13.1 Å². The van der Waals surface area contributed by atoms with E-state index >= 15 is 0 Å². The predicted molar refractivity (Wildman–Crippen MR) is 128 cm³/mol. The van der Waals surface area contributed by atoms with Crippen LogP contribution in [0.25, 0.3) is 0 Å². The first-order valence-electron chi connectivity index (χ1n) is 10.0. The Balaban J connectivity index is 1.88. The molecule has 4 rings (SSSR count). The van der Waals surface area contributed by atoms with Gasteiger partial charge in [0, 0.05) is 0 Å². The maximum absolute atomic E-state index is 12.3. The first-order chi connectivity index (χ1) is 14.7. The molecule has 0 unspecified atom stereocenters. The molecule has 0 spiro atoms. The molecule has 0 fully saturated rings. The number of rotatable bonds is 7. The Morgan fingerprint density at radius 2 is 1.20 bits per heavy atom. The molecule has 0 saturated heterocycles. The van der Waals surface area contributed by atoms with Crippen molar-refractivity contribution in [3.05, 3.63) is 112 Å². The van der Waals surface area contributed by atoms with E-state index < -0.39 is 7.26 Å². The van der Waals surface area contributed by atoms with Gasteiger partial charge in [-0.25, -0.2) is 0 Å². The topological polar surface area (TPSA) is 26.3 Å². The summed E-state index contributed by atoms with van der Waals surface area (Å²) in [6.45, 7) is 2.27. The van der Waals surface area contributed by atoms with Crippen molar-refractivity contribution in [1.29, 1.82) is 0 Å². The van der Waals surface area contributed by atoms with Crippen molar-refractivity contribution in [3.8, 4) is 0 Å². The van der Waals surface area contributed by atoms with Gasteiger partial charge in [-0.2, -0.15) is 0 Å². The van der Waals surface area contributed by atoms with E-state index in [0.717, 1.165) is 10.6 Å². The van der Waals surface area contributed by atoms with Crippen molar-refractivity contribution < 1.29 is 9.53 Å². The monoisotopic (exact) mass is 479 g/mol. The van der Waals surface area contributed by atoms with Crippen LogP contribution in [0.1, 0.15) is 20.6 Å². The van der Waals surface area contributed by atoms with Gasteiger partial charge in [-0.3, -0.25) is 0 Å². The van der Waals surface area contributed by atoms with Gasteiger partial charge in [0.2, 0.25) is 0 Å². The zero-order chi connectivity index (χ0) is 20.8. The van der Waals surface area contributed by atoms with E-state index in [2.05, 4.69) is 97.1 Å². The van der Waals surface area contributed by atoms with E-state index in [0.29, 0.717) is 6.61 Å². The first-order valence-corrected chi connectivity index (χ1v) is 13.7. The van der Waals surface area contributed by atoms with Gasteiger partial charge in [0.1, 0.15) is 0 Å². The average molecular weight is 478 g/mol. The van der Waals surface area contributed by atoms with Gasteiger partial charge in [-0.15, -0.1) is 0 Å². The molecule has 30 heavy (non-hydrogen) atoms. The molecule has 0 aliphatic rings. The number of carbonyl (C=O) groups is 1. The van der Waals surface area contributed by atoms with E-state index in [1.165, 1.54) is 20.4 Å². The molecule has 4 aromatic rings. The number of ether oxygens (including phenoxy) is 1. The molecule has 0 radical (unpaired) electrons. The second-order valence-corrected chi connectivity index (χ2v) is 12.9. The van der Waals surface area contributed by atoms with Crippen LogP contribution in [0.15, 0.2) is 103 Å². The quantitative estimate of drug-likeness (QED) is 0.224. The summed E-state index contributed by atoms with van der Waals surface area (Å²) in [6.07, 6.45) is 0.935. The molecular weight excluding hydrogens is 454 g/mol. The number of hydrogen-bond donors (Lipinski definition) is 0. The van der Waals surface area contributed by atoms with Gasteiger partial charge in [0.15, 0.2) is 0 Å². The normalized spacial score (nSPS) is 11.2. The van der Waals surface area contributed by atoms with Crippen molar-refractivity contribution in [2.75, 3.05) is 6.61 Å². The maximum atomic E-state index is 12.3. The Labute approximate surface area is 184 Å². The third kappa shape index (κ3) is 4.20. The van der Waals surface area contributed by atoms with Crippen LogP contribution in [-0.4, -0.2) is 27.1 Å². The minimum absolute atomic E-state index is 0.00412. The SMILES string of the molecule is CCOC(=O)c1ccc(C[P+](c2ccccc2)(c2ccccc2)c2ccccc2)[se]1. The summed E-state index contributed by atoms with van der Waals surface area (Å²) in [5.74, 6) is -0.174. The van der Waals surface area contributed by atoms with Gasteiger partial charge in [-0.1, -0.05) is 0 Å². The zero-order valence-electron chi connectivity index (χ0n) is 16.9. The second-order valence-electron chi connectivity index (χ2n) is 6.96. The molecule has 3 aromatic carbocycles. The molecule has 0 atom stereocenters. The van der Waals surface area contributed by atoms with Gasteiger partial charge < -0.3 is 0 Å². The summed E-state index contributed by atoms with van der Waals surface area (Å²) in [5, 5.41) is 4.09. The summed E-state index contributed by atoms with van der Waals surface area (Å²) in [7, 11) is -1.91. The molecule has 0 bridgehead atoms. The summed E-state index contributed by atoms with van der Waals surface area (Å²) < 4.78 is 7.40. The van der Waals surface area contributed by atoms with Crippen LogP contribution >= 0.6 is 7.26 Å². The van der Waals surface area contributed by atoms with Crippen LogP contribution in [0.3, 0.4) is 0 Å². The van der Waals surface area contributed by atoms with Gasteiger partial charge >= 0.3 is 185 Å². The number of carbonyl (C=O) groups excluding carboxylic acids is 1. The zero-order valence-corrected chi connectivity index (χ0v) is 19.5. The third-order valence-electron chi connectivity index (χ3n) is 5.12. The Hall–Kier alpha value is -2.44. The average Bonchev–Trinajstić information content (AvgIpc) is 3.28. The summed E-state index contributed by atoms with van der Waals surface area (Å²) in [5.41, 5.74) is 0. The van der Waals surface area contributed by atoms with Crippen molar-refractivity contribution >= 4 is 43.6 Å². The fourth-order valence-corrected chi connectivity index (χ4v) is 11.0. The molecule has 1 aromatic heterocycles. The van der Waals surface area contributed by atoms with E-state index in [9.17, 15) is 4.79 Å². The van der Waals surface area contributed by atoms with Gasteiger partial charge in [-0.05, 0) is 0 Å². The van der Waals surface area contributed by atoms with Crippen LogP contribution in [0.5, 0.6) is 0 Å². The van der Waals surface area contributed by atoms with Crippen molar-refractivity contribution in [3.63, 3.8) is 0 Å². The van der Waals surface area contributed by atoms with E-state index in [-0.39, 0.29) is 20.5 Å². The number of esters is 1. The molecule has 1 heterocycles. The summed E-state index contributed by atoms with van der Waals surface area (Å²) in [4.78, 5) is 12.3. The Morgan fingerprint density at radius 1 is 0.733 bits per heavy atom. The Bertz CT molecular complexity index is 995. The van der Waals surface area contributed by atoms with Crippen LogP contribution in [-0.2, 0) is 10.9 Å². The molecule has 150 valence electrons. The number of hydrogen-bond acceptors (Lipinski definition) is 2. The molecule has 2 nitrogen and oxygen atoms in total. The number of benzene rings is 3. The Morgan fingerprint density at radius 3 is 1.63 bits per heavy atom. The van der Waals surface area contributed by atoms with Crippen LogP contribution in [0.2, 0.25) is 0 Å².